The van der Waals surface area contributed by atoms with Crippen molar-refractivity contribution in [3.63, 3.8) is 0 Å². The van der Waals surface area contributed by atoms with Crippen LogP contribution in [0, 0.1) is 10.1 Å². The number of methoxy groups -OCH3 is 1. The molecule has 0 N–H and O–H groups in total. The molecule has 7 nitrogen and oxygen atoms in total. The fourth-order valence-corrected chi connectivity index (χ4v) is 2.27. The normalized spacial score (nSPS) is 10.6. The average molecular weight is 311 g/mol. The van der Waals surface area contributed by atoms with E-state index in [-0.39, 0.29) is 17.3 Å². The maximum atomic E-state index is 10.9. The molecule has 0 fully saturated rings. The van der Waals surface area contributed by atoms with Crippen molar-refractivity contribution in [2.45, 2.75) is 25.8 Å². The molecule has 0 saturated heterocycles. The van der Waals surface area contributed by atoms with Crippen LogP contribution in [0.4, 0.5) is 5.69 Å². The SMILES string of the molecule is CCCn1c(CCl)nnc1-c1ccc([N+](=O)[O-])c(OC)c1. The van der Waals surface area contributed by atoms with Crippen LogP contribution in [0.3, 0.4) is 0 Å². The third kappa shape index (κ3) is 2.97. The molecular formula is C13H15ClN4O3. The van der Waals surface area contributed by atoms with Crippen molar-refractivity contribution >= 4 is 17.3 Å². The molecule has 0 aliphatic rings. The molecule has 112 valence electrons. The Morgan fingerprint density at radius 1 is 1.43 bits per heavy atom. The van der Waals surface area contributed by atoms with Crippen LogP contribution in [0.25, 0.3) is 11.4 Å². The molecule has 0 aliphatic heterocycles. The van der Waals surface area contributed by atoms with Crippen LogP contribution in [-0.4, -0.2) is 26.8 Å². The second-order valence-electron chi connectivity index (χ2n) is 4.37. The summed E-state index contributed by atoms with van der Waals surface area (Å²) in [7, 11) is 1.40. The number of hydrogen-bond donors (Lipinski definition) is 0. The second-order valence-corrected chi connectivity index (χ2v) is 4.64. The summed E-state index contributed by atoms with van der Waals surface area (Å²) < 4.78 is 6.99. The Morgan fingerprint density at radius 3 is 2.76 bits per heavy atom. The molecule has 0 atom stereocenters. The van der Waals surface area contributed by atoms with Crippen LogP contribution >= 0.6 is 11.6 Å². The predicted molar refractivity (Wildman–Crippen MR) is 78.5 cm³/mol. The largest absolute Gasteiger partial charge is 0.490 e. The van der Waals surface area contributed by atoms with Gasteiger partial charge in [0.1, 0.15) is 5.82 Å². The number of alkyl halides is 1. The molecule has 0 saturated carbocycles. The summed E-state index contributed by atoms with van der Waals surface area (Å²) in [5.41, 5.74) is 0.621. The number of rotatable bonds is 6. The van der Waals surface area contributed by atoms with E-state index in [1.807, 2.05) is 11.5 Å². The molecular weight excluding hydrogens is 296 g/mol. The van der Waals surface area contributed by atoms with Gasteiger partial charge in [0, 0.05) is 18.2 Å². The Bertz CT molecular complexity index is 657. The van der Waals surface area contributed by atoms with Gasteiger partial charge in [0.05, 0.1) is 17.9 Å². The quantitative estimate of drug-likeness (QED) is 0.465. The van der Waals surface area contributed by atoms with Gasteiger partial charge in [0.15, 0.2) is 11.6 Å². The Labute approximate surface area is 126 Å². The van der Waals surface area contributed by atoms with Crippen molar-refractivity contribution in [1.82, 2.24) is 14.8 Å². The van der Waals surface area contributed by atoms with E-state index in [1.54, 1.807) is 12.1 Å². The molecule has 1 aromatic carbocycles. The summed E-state index contributed by atoms with van der Waals surface area (Å²) in [5, 5.41) is 19.1. The van der Waals surface area contributed by atoms with E-state index in [9.17, 15) is 10.1 Å². The number of nitro groups is 1. The summed E-state index contributed by atoms with van der Waals surface area (Å²) in [5.74, 6) is 1.75. The van der Waals surface area contributed by atoms with Gasteiger partial charge in [0.2, 0.25) is 0 Å². The van der Waals surface area contributed by atoms with E-state index in [2.05, 4.69) is 10.2 Å². The predicted octanol–water partition coefficient (Wildman–Crippen LogP) is 3.01. The van der Waals surface area contributed by atoms with Gasteiger partial charge in [-0.2, -0.15) is 0 Å². The lowest BCUT2D eigenvalue weighted by atomic mass is 10.1. The van der Waals surface area contributed by atoms with E-state index in [1.165, 1.54) is 13.2 Å². The molecule has 1 aromatic heterocycles. The summed E-state index contributed by atoms with van der Waals surface area (Å²) in [6.45, 7) is 2.77. The molecule has 2 aromatic rings. The molecule has 0 unspecified atom stereocenters. The summed E-state index contributed by atoms with van der Waals surface area (Å²) in [4.78, 5) is 10.4. The first-order valence-electron chi connectivity index (χ1n) is 6.43. The first-order chi connectivity index (χ1) is 10.1. The van der Waals surface area contributed by atoms with Crippen LogP contribution in [0.1, 0.15) is 19.2 Å². The molecule has 0 bridgehead atoms. The number of ether oxygens (including phenoxy) is 1. The van der Waals surface area contributed by atoms with Crippen molar-refractivity contribution < 1.29 is 9.66 Å². The highest BCUT2D eigenvalue weighted by molar-refractivity contribution is 6.16. The molecule has 0 aliphatic carbocycles. The third-order valence-corrected chi connectivity index (χ3v) is 3.27. The Hall–Kier alpha value is -2.15. The van der Waals surface area contributed by atoms with Crippen molar-refractivity contribution in [2.75, 3.05) is 7.11 Å². The molecule has 1 heterocycles. The fraction of sp³-hybridized carbons (Fsp3) is 0.385. The van der Waals surface area contributed by atoms with Gasteiger partial charge in [-0.3, -0.25) is 10.1 Å². The molecule has 21 heavy (non-hydrogen) atoms. The Kier molecular flexibility index (Phi) is 4.74. The zero-order chi connectivity index (χ0) is 15.4. The lowest BCUT2D eigenvalue weighted by molar-refractivity contribution is -0.385. The smallest absolute Gasteiger partial charge is 0.310 e. The molecule has 8 heteroatoms. The number of halogens is 1. The number of benzene rings is 1. The van der Waals surface area contributed by atoms with Crippen LogP contribution in [-0.2, 0) is 12.4 Å². The number of nitro benzene ring substituents is 1. The molecule has 0 spiro atoms. The van der Waals surface area contributed by atoms with Crippen molar-refractivity contribution in [2.24, 2.45) is 0 Å². The number of nitrogens with zero attached hydrogens (tertiary/aromatic N) is 4. The van der Waals surface area contributed by atoms with Crippen molar-refractivity contribution in [3.05, 3.63) is 34.1 Å². The lowest BCUT2D eigenvalue weighted by Crippen LogP contribution is -2.04. The minimum atomic E-state index is -0.483. The standard InChI is InChI=1S/C13H15ClN4O3/c1-3-6-17-12(8-14)15-16-13(17)9-4-5-10(18(19)20)11(7-9)21-2/h4-5,7H,3,6,8H2,1-2H3. The zero-order valence-electron chi connectivity index (χ0n) is 11.7. The topological polar surface area (TPSA) is 83.1 Å². The maximum Gasteiger partial charge on any atom is 0.310 e. The molecule has 0 amide bonds. The van der Waals surface area contributed by atoms with E-state index >= 15 is 0 Å². The van der Waals surface area contributed by atoms with Gasteiger partial charge >= 0.3 is 5.69 Å². The van der Waals surface area contributed by atoms with Gasteiger partial charge in [-0.05, 0) is 18.6 Å². The molecule has 2 rings (SSSR count). The highest BCUT2D eigenvalue weighted by atomic mass is 35.5. The minimum Gasteiger partial charge on any atom is -0.490 e. The van der Waals surface area contributed by atoms with Crippen molar-refractivity contribution in [1.29, 1.82) is 0 Å². The van der Waals surface area contributed by atoms with E-state index in [0.717, 1.165) is 13.0 Å². The minimum absolute atomic E-state index is 0.0830. The van der Waals surface area contributed by atoms with Crippen LogP contribution in [0.2, 0.25) is 0 Å². The lowest BCUT2D eigenvalue weighted by Gasteiger charge is -2.09. The number of hydrogen-bond acceptors (Lipinski definition) is 5. The van der Waals surface area contributed by atoms with Crippen LogP contribution < -0.4 is 4.74 Å². The van der Waals surface area contributed by atoms with Crippen molar-refractivity contribution in [3.8, 4) is 17.1 Å². The van der Waals surface area contributed by atoms with E-state index < -0.39 is 4.92 Å². The van der Waals surface area contributed by atoms with E-state index in [4.69, 9.17) is 16.3 Å². The fourth-order valence-electron chi connectivity index (χ4n) is 2.07. The summed E-state index contributed by atoms with van der Waals surface area (Å²) >= 11 is 5.86. The first-order valence-corrected chi connectivity index (χ1v) is 6.96. The van der Waals surface area contributed by atoms with Crippen LogP contribution in [0.5, 0.6) is 5.75 Å². The zero-order valence-corrected chi connectivity index (χ0v) is 12.5. The van der Waals surface area contributed by atoms with Gasteiger partial charge in [-0.1, -0.05) is 6.92 Å². The third-order valence-electron chi connectivity index (χ3n) is 3.03. The highest BCUT2D eigenvalue weighted by Crippen LogP contribution is 2.31. The number of aromatic nitrogens is 3. The summed E-state index contributed by atoms with van der Waals surface area (Å²) in [6, 6.07) is 4.63. The van der Waals surface area contributed by atoms with Gasteiger partial charge in [-0.25, -0.2) is 0 Å². The van der Waals surface area contributed by atoms with Gasteiger partial charge in [-0.15, -0.1) is 21.8 Å². The highest BCUT2D eigenvalue weighted by Gasteiger charge is 2.18. The average Bonchev–Trinajstić information content (AvgIpc) is 2.89. The monoisotopic (exact) mass is 310 g/mol. The Balaban J connectivity index is 2.52. The van der Waals surface area contributed by atoms with Gasteiger partial charge < -0.3 is 9.30 Å². The maximum absolute atomic E-state index is 10.9. The first kappa shape index (κ1) is 15.2. The van der Waals surface area contributed by atoms with Crippen LogP contribution in [0.15, 0.2) is 18.2 Å². The Morgan fingerprint density at radius 2 is 2.19 bits per heavy atom. The molecule has 0 radical (unpaired) electrons. The van der Waals surface area contributed by atoms with Gasteiger partial charge in [0.25, 0.3) is 0 Å². The second kappa shape index (κ2) is 6.53. The van der Waals surface area contributed by atoms with E-state index in [0.29, 0.717) is 17.2 Å². The summed E-state index contributed by atoms with van der Waals surface area (Å²) in [6.07, 6.45) is 0.902.